The molecule has 1 aliphatic rings. The SMILES string of the molecule is O=S1(=O)c2ccccc2C(c2ccccc2)(c2cccc(-c3nc(-c4ccccc4)nc(-c4ccc5c(c4)oc4ccccc45)n3)c2)c2ccccc21. The highest BCUT2D eigenvalue weighted by molar-refractivity contribution is 7.91. The summed E-state index contributed by atoms with van der Waals surface area (Å²) in [7, 11) is -3.79. The molecule has 0 radical (unpaired) electrons. The summed E-state index contributed by atoms with van der Waals surface area (Å²) in [6.07, 6.45) is 0. The van der Waals surface area contributed by atoms with Crippen LogP contribution in [0.5, 0.6) is 0 Å². The van der Waals surface area contributed by atoms with Gasteiger partial charge in [0.05, 0.1) is 15.2 Å². The summed E-state index contributed by atoms with van der Waals surface area (Å²) < 4.78 is 34.6. The Bertz CT molecular complexity index is 2920. The van der Waals surface area contributed by atoms with E-state index in [2.05, 4.69) is 36.4 Å². The van der Waals surface area contributed by atoms with Crippen LogP contribution in [0.1, 0.15) is 22.3 Å². The van der Waals surface area contributed by atoms with Crippen molar-refractivity contribution in [1.82, 2.24) is 15.0 Å². The van der Waals surface area contributed by atoms with Gasteiger partial charge in [-0.15, -0.1) is 0 Å². The lowest BCUT2D eigenvalue weighted by atomic mass is 9.64. The van der Waals surface area contributed by atoms with Gasteiger partial charge in [-0.25, -0.2) is 23.4 Å². The number of sulfone groups is 1. The molecule has 7 heteroatoms. The number of furan rings is 1. The smallest absolute Gasteiger partial charge is 0.207 e. The Balaban J connectivity index is 1.22. The third-order valence-electron chi connectivity index (χ3n) is 10.2. The second kappa shape index (κ2) is 11.9. The molecule has 1 aliphatic heterocycles. The monoisotopic (exact) mass is 703 g/mol. The Hall–Kier alpha value is -6.70. The third kappa shape index (κ3) is 4.78. The van der Waals surface area contributed by atoms with Crippen LogP contribution in [0.25, 0.3) is 56.1 Å². The van der Waals surface area contributed by atoms with E-state index in [0.717, 1.165) is 49.8 Å². The topological polar surface area (TPSA) is 86.0 Å². The van der Waals surface area contributed by atoms with Crippen molar-refractivity contribution in [1.29, 1.82) is 0 Å². The number of fused-ring (bicyclic) bond motifs is 5. The van der Waals surface area contributed by atoms with E-state index in [4.69, 9.17) is 19.4 Å². The molecule has 0 aliphatic carbocycles. The molecule has 10 rings (SSSR count). The second-order valence-electron chi connectivity index (χ2n) is 13.2. The zero-order valence-electron chi connectivity index (χ0n) is 28.2. The van der Waals surface area contributed by atoms with Gasteiger partial charge in [0.2, 0.25) is 9.84 Å². The first kappa shape index (κ1) is 31.1. The van der Waals surface area contributed by atoms with E-state index in [1.165, 1.54) is 0 Å². The maximum Gasteiger partial charge on any atom is 0.207 e. The maximum atomic E-state index is 14.2. The lowest BCUT2D eigenvalue weighted by Crippen LogP contribution is -2.37. The third-order valence-corrected chi connectivity index (χ3v) is 12.1. The van der Waals surface area contributed by atoms with E-state index >= 15 is 0 Å². The van der Waals surface area contributed by atoms with Crippen LogP contribution in [0.2, 0.25) is 0 Å². The van der Waals surface area contributed by atoms with Crippen LogP contribution in [0.4, 0.5) is 0 Å². The van der Waals surface area contributed by atoms with Crippen molar-refractivity contribution >= 4 is 31.8 Å². The fourth-order valence-electron chi connectivity index (χ4n) is 7.87. The van der Waals surface area contributed by atoms with Gasteiger partial charge < -0.3 is 4.42 Å². The Kier molecular flexibility index (Phi) is 7.00. The van der Waals surface area contributed by atoms with E-state index in [1.54, 1.807) is 24.3 Å². The van der Waals surface area contributed by atoms with Gasteiger partial charge in [-0.3, -0.25) is 0 Å². The first-order valence-electron chi connectivity index (χ1n) is 17.4. The van der Waals surface area contributed by atoms with Gasteiger partial charge in [0.25, 0.3) is 0 Å². The molecule has 0 saturated carbocycles. The Morgan fingerprint density at radius 1 is 0.415 bits per heavy atom. The molecule has 252 valence electrons. The number of rotatable bonds is 5. The first-order chi connectivity index (χ1) is 26.0. The quantitative estimate of drug-likeness (QED) is 0.177. The van der Waals surface area contributed by atoms with Crippen molar-refractivity contribution in [3.63, 3.8) is 0 Å². The highest BCUT2D eigenvalue weighted by Gasteiger charge is 2.48. The minimum Gasteiger partial charge on any atom is -0.456 e. The van der Waals surface area contributed by atoms with Crippen molar-refractivity contribution in [3.05, 3.63) is 198 Å². The lowest BCUT2D eigenvalue weighted by Gasteiger charge is -2.41. The lowest BCUT2D eigenvalue weighted by molar-refractivity contribution is 0.579. The average Bonchev–Trinajstić information content (AvgIpc) is 3.60. The minimum absolute atomic E-state index is 0.294. The number of aromatic nitrogens is 3. The molecule has 0 unspecified atom stereocenters. The van der Waals surface area contributed by atoms with E-state index in [0.29, 0.717) is 38.4 Å². The minimum atomic E-state index is -3.79. The van der Waals surface area contributed by atoms with Crippen LogP contribution >= 0.6 is 0 Å². The molecule has 2 aromatic heterocycles. The van der Waals surface area contributed by atoms with E-state index in [9.17, 15) is 8.42 Å². The normalized spacial score (nSPS) is 14.1. The van der Waals surface area contributed by atoms with Crippen molar-refractivity contribution in [2.75, 3.05) is 0 Å². The largest absolute Gasteiger partial charge is 0.456 e. The van der Waals surface area contributed by atoms with Gasteiger partial charge in [0, 0.05) is 27.5 Å². The highest BCUT2D eigenvalue weighted by Crippen LogP contribution is 2.53. The van der Waals surface area contributed by atoms with Crippen LogP contribution in [0, 0.1) is 0 Å². The Morgan fingerprint density at radius 3 is 1.62 bits per heavy atom. The summed E-state index contributed by atoms with van der Waals surface area (Å²) in [4.78, 5) is 15.7. The number of para-hydroxylation sites is 1. The number of hydrogen-bond acceptors (Lipinski definition) is 6. The van der Waals surface area contributed by atoms with Crippen molar-refractivity contribution < 1.29 is 12.8 Å². The summed E-state index contributed by atoms with van der Waals surface area (Å²) in [5.74, 6) is 1.55. The molecule has 0 amide bonds. The predicted molar refractivity (Wildman–Crippen MR) is 207 cm³/mol. The van der Waals surface area contributed by atoms with Gasteiger partial charge in [-0.2, -0.15) is 0 Å². The zero-order valence-corrected chi connectivity index (χ0v) is 29.0. The van der Waals surface area contributed by atoms with E-state index in [1.807, 2.05) is 115 Å². The van der Waals surface area contributed by atoms with Gasteiger partial charge in [0.1, 0.15) is 11.2 Å². The molecule has 0 bridgehead atoms. The number of nitrogens with zero attached hydrogens (tertiary/aromatic N) is 3. The van der Waals surface area contributed by atoms with Crippen LogP contribution in [0.3, 0.4) is 0 Å². The van der Waals surface area contributed by atoms with E-state index in [-0.39, 0.29) is 0 Å². The van der Waals surface area contributed by atoms with Crippen molar-refractivity contribution in [2.24, 2.45) is 0 Å². The van der Waals surface area contributed by atoms with Gasteiger partial charge >= 0.3 is 0 Å². The Morgan fingerprint density at radius 2 is 0.925 bits per heavy atom. The molecule has 0 spiro atoms. The van der Waals surface area contributed by atoms with E-state index < -0.39 is 15.3 Å². The van der Waals surface area contributed by atoms with Crippen LogP contribution < -0.4 is 0 Å². The Labute approximate surface area is 306 Å². The molecule has 9 aromatic rings. The molecule has 0 saturated heterocycles. The van der Waals surface area contributed by atoms with Crippen LogP contribution in [-0.2, 0) is 15.3 Å². The molecule has 3 heterocycles. The summed E-state index contributed by atoms with van der Waals surface area (Å²) in [6.45, 7) is 0. The second-order valence-corrected chi connectivity index (χ2v) is 15.1. The van der Waals surface area contributed by atoms with Gasteiger partial charge in [-0.05, 0) is 58.7 Å². The maximum absolute atomic E-state index is 14.2. The molecule has 6 nitrogen and oxygen atoms in total. The number of hydrogen-bond donors (Lipinski definition) is 0. The summed E-state index contributed by atoms with van der Waals surface area (Å²) >= 11 is 0. The molecule has 7 aromatic carbocycles. The van der Waals surface area contributed by atoms with Gasteiger partial charge in [-0.1, -0.05) is 140 Å². The van der Waals surface area contributed by atoms with Crippen molar-refractivity contribution in [2.45, 2.75) is 15.2 Å². The average molecular weight is 704 g/mol. The summed E-state index contributed by atoms with van der Waals surface area (Å²) in [6, 6.07) is 56.9. The predicted octanol–water partition coefficient (Wildman–Crippen LogP) is 10.3. The fraction of sp³-hybridized carbons (Fsp3) is 0.0217. The fourth-order valence-corrected chi connectivity index (χ4v) is 9.64. The standard InChI is InChI=1S/C46H29N3O3S/c50-53(51)41-24-11-8-21-37(41)46(33-17-5-2-6-18-33,38-22-9-12-25-42(38)53)34-19-13-16-31(28-34)44-47-43(30-14-3-1-4-15-30)48-45(49-44)32-26-27-36-35-20-7-10-23-39(35)52-40(36)29-32/h1-29H. The molecule has 0 fully saturated rings. The first-order valence-corrected chi connectivity index (χ1v) is 18.8. The molecule has 0 N–H and O–H groups in total. The molecular formula is C46H29N3O3S. The van der Waals surface area contributed by atoms with Crippen molar-refractivity contribution in [3.8, 4) is 34.2 Å². The summed E-state index contributed by atoms with van der Waals surface area (Å²) in [5, 5.41) is 2.08. The molecular weight excluding hydrogens is 675 g/mol. The highest BCUT2D eigenvalue weighted by atomic mass is 32.2. The summed E-state index contributed by atoms with van der Waals surface area (Å²) in [5.41, 5.74) is 6.29. The zero-order chi connectivity index (χ0) is 35.6. The molecule has 53 heavy (non-hydrogen) atoms. The van der Waals surface area contributed by atoms with Crippen LogP contribution in [-0.4, -0.2) is 23.4 Å². The van der Waals surface area contributed by atoms with Gasteiger partial charge in [0.15, 0.2) is 17.5 Å². The van der Waals surface area contributed by atoms with Crippen LogP contribution in [0.15, 0.2) is 190 Å². The number of benzene rings is 7. The molecule has 0 atom stereocenters.